The molecule has 0 N–H and O–H groups in total. The van der Waals surface area contributed by atoms with Crippen molar-refractivity contribution < 1.29 is 13.2 Å². The van der Waals surface area contributed by atoms with E-state index >= 15 is 0 Å². The molecule has 1 aromatic heterocycles. The van der Waals surface area contributed by atoms with Gasteiger partial charge in [0.15, 0.2) is 4.77 Å². The summed E-state index contributed by atoms with van der Waals surface area (Å²) in [5.74, 6) is 0. The fraction of sp³-hybridized carbons (Fsp3) is 0.875. The van der Waals surface area contributed by atoms with Gasteiger partial charge in [-0.15, -0.1) is 0 Å². The first kappa shape index (κ1) is 19.5. The molecule has 0 radical (unpaired) electrons. The summed E-state index contributed by atoms with van der Waals surface area (Å²) < 4.78 is 39.4. The molecule has 3 heterocycles. The minimum absolute atomic E-state index is 0.0757. The van der Waals surface area contributed by atoms with Crippen LogP contribution >= 0.6 is 12.2 Å². The Hall–Kier alpha value is -0.850. The van der Waals surface area contributed by atoms with Gasteiger partial charge in [-0.1, -0.05) is 0 Å². The lowest BCUT2D eigenvalue weighted by Gasteiger charge is -2.40. The molecular formula is C16H28N6O3S2. The van der Waals surface area contributed by atoms with Crippen molar-refractivity contribution in [1.29, 1.82) is 0 Å². The zero-order valence-electron chi connectivity index (χ0n) is 15.9. The van der Waals surface area contributed by atoms with Gasteiger partial charge in [-0.05, 0) is 38.9 Å². The molecule has 2 aliphatic heterocycles. The predicted octanol–water partition coefficient (Wildman–Crippen LogP) is 0.678. The van der Waals surface area contributed by atoms with Crippen LogP contribution in [0.1, 0.15) is 32.7 Å². The molecule has 1 aliphatic carbocycles. The normalized spacial score (nSPS) is 29.3. The maximum Gasteiger partial charge on any atom is 0.282 e. The number of piperazine rings is 1. The highest BCUT2D eigenvalue weighted by Crippen LogP contribution is 2.34. The summed E-state index contributed by atoms with van der Waals surface area (Å²) in [7, 11) is -3.44. The molecule has 27 heavy (non-hydrogen) atoms. The second kappa shape index (κ2) is 7.53. The van der Waals surface area contributed by atoms with E-state index in [1.807, 2.05) is 24.9 Å². The number of hydrogen-bond donors (Lipinski definition) is 0. The fourth-order valence-corrected chi connectivity index (χ4v) is 5.87. The van der Waals surface area contributed by atoms with Crippen molar-refractivity contribution in [3.8, 4) is 0 Å². The SMILES string of the molecule is C[C@H]1CN(S(=O)(=O)N2CCN(Cn3ncn(C4CC4)c3=S)CC2)C[C@H](C)O1. The Morgan fingerprint density at radius 3 is 2.33 bits per heavy atom. The molecule has 0 spiro atoms. The Kier molecular flexibility index (Phi) is 5.43. The van der Waals surface area contributed by atoms with Crippen LogP contribution in [0.3, 0.4) is 0 Å². The molecule has 2 saturated heterocycles. The first-order valence-electron chi connectivity index (χ1n) is 9.61. The van der Waals surface area contributed by atoms with Crippen LogP contribution in [0.2, 0.25) is 0 Å². The number of rotatable bonds is 5. The molecule has 4 rings (SSSR count). The van der Waals surface area contributed by atoms with Gasteiger partial charge < -0.3 is 9.30 Å². The number of ether oxygens (including phenoxy) is 1. The zero-order valence-corrected chi connectivity index (χ0v) is 17.5. The van der Waals surface area contributed by atoms with E-state index in [4.69, 9.17) is 17.0 Å². The Balaban J connectivity index is 1.35. The van der Waals surface area contributed by atoms with Crippen molar-refractivity contribution in [1.82, 2.24) is 27.9 Å². The van der Waals surface area contributed by atoms with E-state index in [1.165, 1.54) is 12.8 Å². The third-order valence-corrected chi connectivity index (χ3v) is 7.79. The maximum absolute atomic E-state index is 13.0. The minimum Gasteiger partial charge on any atom is -0.373 e. The van der Waals surface area contributed by atoms with Gasteiger partial charge >= 0.3 is 0 Å². The van der Waals surface area contributed by atoms with Crippen LogP contribution in [0.15, 0.2) is 6.33 Å². The summed E-state index contributed by atoms with van der Waals surface area (Å²) >= 11 is 5.51. The number of morpholine rings is 1. The quantitative estimate of drug-likeness (QED) is 0.657. The highest BCUT2D eigenvalue weighted by Gasteiger charge is 2.36. The van der Waals surface area contributed by atoms with Gasteiger partial charge in [0, 0.05) is 45.3 Å². The van der Waals surface area contributed by atoms with Gasteiger partial charge in [0.25, 0.3) is 10.2 Å². The van der Waals surface area contributed by atoms with Crippen molar-refractivity contribution >= 4 is 22.4 Å². The topological polar surface area (TPSA) is 75.8 Å². The Morgan fingerprint density at radius 1 is 1.11 bits per heavy atom. The third-order valence-electron chi connectivity index (χ3n) is 5.40. The van der Waals surface area contributed by atoms with Gasteiger partial charge in [0.05, 0.1) is 18.9 Å². The molecule has 1 saturated carbocycles. The summed E-state index contributed by atoms with van der Waals surface area (Å²) in [6.45, 7) is 7.60. The Morgan fingerprint density at radius 2 is 1.74 bits per heavy atom. The van der Waals surface area contributed by atoms with Crippen LogP contribution in [-0.2, 0) is 21.6 Å². The minimum atomic E-state index is -3.44. The highest BCUT2D eigenvalue weighted by molar-refractivity contribution is 7.86. The van der Waals surface area contributed by atoms with E-state index in [0.717, 1.165) is 4.77 Å². The first-order chi connectivity index (χ1) is 12.8. The monoisotopic (exact) mass is 416 g/mol. The predicted molar refractivity (Wildman–Crippen MR) is 103 cm³/mol. The Bertz CT molecular complexity index is 815. The summed E-state index contributed by atoms with van der Waals surface area (Å²) in [6, 6.07) is 0.520. The summed E-state index contributed by atoms with van der Waals surface area (Å²) in [4.78, 5) is 2.20. The van der Waals surface area contributed by atoms with Crippen LogP contribution in [0.5, 0.6) is 0 Å². The molecule has 1 aromatic rings. The van der Waals surface area contributed by atoms with Crippen molar-refractivity contribution in [2.45, 2.75) is 51.6 Å². The van der Waals surface area contributed by atoms with Crippen LogP contribution in [0.25, 0.3) is 0 Å². The average molecular weight is 417 g/mol. The smallest absolute Gasteiger partial charge is 0.282 e. The molecule has 3 fully saturated rings. The Labute approximate surface area is 165 Å². The second-order valence-corrected chi connectivity index (χ2v) is 10.1. The number of aromatic nitrogens is 3. The molecule has 9 nitrogen and oxygen atoms in total. The van der Waals surface area contributed by atoms with Crippen LogP contribution in [-0.4, -0.2) is 87.8 Å². The molecule has 3 aliphatic rings. The van der Waals surface area contributed by atoms with E-state index in [9.17, 15) is 8.42 Å². The lowest BCUT2D eigenvalue weighted by molar-refractivity contribution is -0.0458. The van der Waals surface area contributed by atoms with Crippen LogP contribution in [0, 0.1) is 4.77 Å². The van der Waals surface area contributed by atoms with Gasteiger partial charge in [-0.25, -0.2) is 4.68 Å². The maximum atomic E-state index is 13.0. The van der Waals surface area contributed by atoms with Gasteiger partial charge in [-0.3, -0.25) is 4.90 Å². The van der Waals surface area contributed by atoms with Crippen molar-refractivity contribution in [2.24, 2.45) is 0 Å². The van der Waals surface area contributed by atoms with E-state index < -0.39 is 10.2 Å². The molecule has 152 valence electrons. The van der Waals surface area contributed by atoms with Gasteiger partial charge in [0.2, 0.25) is 0 Å². The van der Waals surface area contributed by atoms with E-state index in [1.54, 1.807) is 8.61 Å². The number of hydrogen-bond acceptors (Lipinski definition) is 6. The molecule has 11 heteroatoms. The summed E-state index contributed by atoms with van der Waals surface area (Å²) in [5.41, 5.74) is 0. The molecule has 0 unspecified atom stereocenters. The third kappa shape index (κ3) is 4.13. The highest BCUT2D eigenvalue weighted by atomic mass is 32.2. The van der Waals surface area contributed by atoms with Crippen molar-refractivity contribution in [3.63, 3.8) is 0 Å². The lowest BCUT2D eigenvalue weighted by atomic mass is 10.3. The van der Waals surface area contributed by atoms with E-state index in [0.29, 0.717) is 52.0 Å². The molecule has 0 aromatic carbocycles. The summed E-state index contributed by atoms with van der Waals surface area (Å²) in [5, 5.41) is 4.41. The molecule has 2 atom stereocenters. The zero-order chi connectivity index (χ0) is 19.2. The van der Waals surface area contributed by atoms with E-state index in [-0.39, 0.29) is 12.2 Å². The molecular weight excluding hydrogens is 388 g/mol. The standard InChI is InChI=1S/C16H28N6O3S2/c1-13-9-20(10-14(2)25-13)27(23,24)19-7-5-18(6-8-19)12-22-16(26)21(11-17-22)15-3-4-15/h11,13-15H,3-10,12H2,1-2H3/t13-,14-/m0/s1. The molecule has 0 amide bonds. The first-order valence-corrected chi connectivity index (χ1v) is 11.4. The van der Waals surface area contributed by atoms with Crippen LogP contribution < -0.4 is 0 Å². The summed E-state index contributed by atoms with van der Waals surface area (Å²) in [6.07, 6.45) is 4.02. The average Bonchev–Trinajstić information content (AvgIpc) is 3.40. The van der Waals surface area contributed by atoms with E-state index in [2.05, 4.69) is 14.6 Å². The van der Waals surface area contributed by atoms with Crippen LogP contribution in [0.4, 0.5) is 0 Å². The van der Waals surface area contributed by atoms with Crippen molar-refractivity contribution in [2.75, 3.05) is 39.3 Å². The fourth-order valence-electron chi connectivity index (χ4n) is 3.82. The molecule has 0 bridgehead atoms. The largest absolute Gasteiger partial charge is 0.373 e. The second-order valence-electron chi connectivity index (χ2n) is 7.79. The van der Waals surface area contributed by atoms with Gasteiger partial charge in [-0.2, -0.15) is 22.1 Å². The lowest BCUT2D eigenvalue weighted by Crippen LogP contribution is -2.57. The number of nitrogens with zero attached hydrogens (tertiary/aromatic N) is 6. The van der Waals surface area contributed by atoms with Crippen molar-refractivity contribution in [3.05, 3.63) is 11.1 Å². The van der Waals surface area contributed by atoms with Gasteiger partial charge in [0.1, 0.15) is 6.33 Å².